The van der Waals surface area contributed by atoms with Gasteiger partial charge in [0, 0.05) is 25.9 Å². The maximum absolute atomic E-state index is 13.0. The molecule has 0 saturated carbocycles. The fourth-order valence-corrected chi connectivity index (χ4v) is 2.69. The number of carbonyl (C=O) groups excluding carboxylic acids is 2. The van der Waals surface area contributed by atoms with Gasteiger partial charge in [0.15, 0.2) is 0 Å². The van der Waals surface area contributed by atoms with E-state index in [-0.39, 0.29) is 42.9 Å². The zero-order valence-electron chi connectivity index (χ0n) is 12.8. The molecule has 1 N–H and O–H groups in total. The van der Waals surface area contributed by atoms with Crippen molar-refractivity contribution in [2.24, 2.45) is 0 Å². The van der Waals surface area contributed by atoms with Crippen LogP contribution < -0.4 is 5.32 Å². The molecule has 1 saturated heterocycles. The molecule has 0 spiro atoms. The maximum atomic E-state index is 13.0. The normalized spacial score (nSPS) is 18.3. The number of carbonyl (C=O) groups is 2. The molecule has 0 aliphatic carbocycles. The molecular formula is C16H19F3N2O2. The van der Waals surface area contributed by atoms with Crippen LogP contribution in [-0.2, 0) is 22.3 Å². The van der Waals surface area contributed by atoms with Crippen molar-refractivity contribution >= 4 is 11.8 Å². The molecular weight excluding hydrogens is 309 g/mol. The third kappa shape index (κ3) is 4.46. The molecule has 7 heteroatoms. The van der Waals surface area contributed by atoms with Crippen LogP contribution in [0.4, 0.5) is 13.2 Å². The van der Waals surface area contributed by atoms with Gasteiger partial charge >= 0.3 is 6.18 Å². The molecule has 4 nitrogen and oxygen atoms in total. The van der Waals surface area contributed by atoms with Crippen molar-refractivity contribution in [2.45, 2.75) is 44.9 Å². The van der Waals surface area contributed by atoms with Gasteiger partial charge < -0.3 is 10.2 Å². The zero-order valence-corrected chi connectivity index (χ0v) is 12.8. The lowest BCUT2D eigenvalue weighted by Gasteiger charge is -2.20. The summed E-state index contributed by atoms with van der Waals surface area (Å²) in [6.07, 6.45) is -3.24. The lowest BCUT2D eigenvalue weighted by atomic mass is 10.1. The summed E-state index contributed by atoms with van der Waals surface area (Å²) in [6, 6.07) is 4.90. The van der Waals surface area contributed by atoms with Gasteiger partial charge in [-0.15, -0.1) is 0 Å². The lowest BCUT2D eigenvalue weighted by Crippen LogP contribution is -2.36. The standard InChI is InChI=1S/C16H19F3N2O2/c1-2-5-14(22)20-12-8-15(23)21(10-12)9-11-6-3-4-7-13(11)16(17,18)19/h3-4,6-7,12H,2,5,8-10H2,1H3,(H,20,22)/t12-/m1/s1. The summed E-state index contributed by atoms with van der Waals surface area (Å²) in [5, 5.41) is 2.75. The van der Waals surface area contributed by atoms with Gasteiger partial charge in [-0.2, -0.15) is 13.2 Å². The Morgan fingerprint density at radius 2 is 2.04 bits per heavy atom. The number of halogens is 3. The molecule has 0 radical (unpaired) electrons. The van der Waals surface area contributed by atoms with Crippen LogP contribution in [0.3, 0.4) is 0 Å². The van der Waals surface area contributed by atoms with Gasteiger partial charge in [0.1, 0.15) is 0 Å². The molecule has 2 rings (SSSR count). The van der Waals surface area contributed by atoms with Gasteiger partial charge in [0.25, 0.3) is 0 Å². The van der Waals surface area contributed by atoms with Crippen LogP contribution in [0.25, 0.3) is 0 Å². The number of rotatable bonds is 5. The molecule has 1 atom stereocenters. The van der Waals surface area contributed by atoms with E-state index in [0.29, 0.717) is 12.8 Å². The number of nitrogens with one attached hydrogen (secondary N) is 1. The molecule has 1 aromatic rings. The predicted octanol–water partition coefficient (Wildman–Crippen LogP) is 2.72. The van der Waals surface area contributed by atoms with E-state index in [1.54, 1.807) is 0 Å². The van der Waals surface area contributed by atoms with E-state index in [1.165, 1.54) is 23.1 Å². The molecule has 1 heterocycles. The second kappa shape index (κ2) is 7.02. The van der Waals surface area contributed by atoms with Crippen LogP contribution in [0, 0.1) is 0 Å². The van der Waals surface area contributed by atoms with Gasteiger partial charge in [0.2, 0.25) is 11.8 Å². The fraction of sp³-hybridized carbons (Fsp3) is 0.500. The molecule has 1 aromatic carbocycles. The minimum atomic E-state index is -4.45. The zero-order chi connectivity index (χ0) is 17.0. The number of benzene rings is 1. The number of hydrogen-bond donors (Lipinski definition) is 1. The van der Waals surface area contributed by atoms with Gasteiger partial charge in [-0.3, -0.25) is 9.59 Å². The minimum Gasteiger partial charge on any atom is -0.351 e. The number of nitrogens with zero attached hydrogens (tertiary/aromatic N) is 1. The lowest BCUT2D eigenvalue weighted by molar-refractivity contribution is -0.139. The van der Waals surface area contributed by atoms with E-state index in [1.807, 2.05) is 6.92 Å². The third-order valence-electron chi connectivity index (χ3n) is 3.74. The van der Waals surface area contributed by atoms with Crippen molar-refractivity contribution in [3.8, 4) is 0 Å². The number of amides is 2. The van der Waals surface area contributed by atoms with E-state index in [0.717, 1.165) is 6.07 Å². The first-order valence-corrected chi connectivity index (χ1v) is 7.53. The number of alkyl halides is 3. The van der Waals surface area contributed by atoms with E-state index in [4.69, 9.17) is 0 Å². The molecule has 0 unspecified atom stereocenters. The van der Waals surface area contributed by atoms with Crippen LogP contribution in [-0.4, -0.2) is 29.3 Å². The Labute approximate surface area is 132 Å². The first-order valence-electron chi connectivity index (χ1n) is 7.53. The topological polar surface area (TPSA) is 49.4 Å². The maximum Gasteiger partial charge on any atom is 0.416 e. The molecule has 2 amide bonds. The fourth-order valence-electron chi connectivity index (χ4n) is 2.69. The Kier molecular flexibility index (Phi) is 5.28. The minimum absolute atomic E-state index is 0.0638. The van der Waals surface area contributed by atoms with Crippen molar-refractivity contribution in [1.82, 2.24) is 10.2 Å². The van der Waals surface area contributed by atoms with E-state index in [9.17, 15) is 22.8 Å². The molecule has 126 valence electrons. The van der Waals surface area contributed by atoms with E-state index >= 15 is 0 Å². The van der Waals surface area contributed by atoms with Crippen LogP contribution in [0.15, 0.2) is 24.3 Å². The molecule has 0 aromatic heterocycles. The van der Waals surface area contributed by atoms with E-state index in [2.05, 4.69) is 5.32 Å². The SMILES string of the molecule is CCCC(=O)N[C@@H]1CC(=O)N(Cc2ccccc2C(F)(F)F)C1. The molecule has 1 aliphatic heterocycles. The van der Waals surface area contributed by atoms with Crippen LogP contribution in [0.2, 0.25) is 0 Å². The van der Waals surface area contributed by atoms with E-state index < -0.39 is 11.7 Å². The van der Waals surface area contributed by atoms with Crippen molar-refractivity contribution in [2.75, 3.05) is 6.54 Å². The highest BCUT2D eigenvalue weighted by molar-refractivity contribution is 5.82. The average molecular weight is 328 g/mol. The third-order valence-corrected chi connectivity index (χ3v) is 3.74. The Morgan fingerprint density at radius 1 is 1.35 bits per heavy atom. The highest BCUT2D eigenvalue weighted by Crippen LogP contribution is 2.32. The number of hydrogen-bond acceptors (Lipinski definition) is 2. The van der Waals surface area contributed by atoms with Gasteiger partial charge in [-0.25, -0.2) is 0 Å². The van der Waals surface area contributed by atoms with Gasteiger partial charge in [-0.1, -0.05) is 25.1 Å². The summed E-state index contributed by atoms with van der Waals surface area (Å²) >= 11 is 0. The van der Waals surface area contributed by atoms with Crippen molar-refractivity contribution < 1.29 is 22.8 Å². The second-order valence-electron chi connectivity index (χ2n) is 5.65. The van der Waals surface area contributed by atoms with Crippen LogP contribution in [0.5, 0.6) is 0 Å². The summed E-state index contributed by atoms with van der Waals surface area (Å²) < 4.78 is 39.0. The largest absolute Gasteiger partial charge is 0.416 e. The summed E-state index contributed by atoms with van der Waals surface area (Å²) in [5.41, 5.74) is -0.667. The van der Waals surface area contributed by atoms with Crippen LogP contribution >= 0.6 is 0 Å². The predicted molar refractivity (Wildman–Crippen MR) is 78.3 cm³/mol. The summed E-state index contributed by atoms with van der Waals surface area (Å²) in [5.74, 6) is -0.383. The summed E-state index contributed by atoms with van der Waals surface area (Å²) in [7, 11) is 0. The summed E-state index contributed by atoms with van der Waals surface area (Å²) in [6.45, 7) is 2.01. The van der Waals surface area contributed by atoms with Crippen LogP contribution in [0.1, 0.15) is 37.3 Å². The Hall–Kier alpha value is -2.05. The molecule has 23 heavy (non-hydrogen) atoms. The average Bonchev–Trinajstić information content (AvgIpc) is 2.78. The van der Waals surface area contributed by atoms with Gasteiger partial charge in [-0.05, 0) is 18.1 Å². The monoisotopic (exact) mass is 328 g/mol. The molecule has 0 bridgehead atoms. The smallest absolute Gasteiger partial charge is 0.351 e. The highest BCUT2D eigenvalue weighted by atomic mass is 19.4. The van der Waals surface area contributed by atoms with Crippen molar-refractivity contribution in [3.05, 3.63) is 35.4 Å². The Balaban J connectivity index is 2.04. The van der Waals surface area contributed by atoms with Crippen molar-refractivity contribution in [3.63, 3.8) is 0 Å². The molecule has 1 aliphatic rings. The second-order valence-corrected chi connectivity index (χ2v) is 5.65. The highest BCUT2D eigenvalue weighted by Gasteiger charge is 2.35. The first-order chi connectivity index (χ1) is 10.8. The number of likely N-dealkylation sites (tertiary alicyclic amines) is 1. The quantitative estimate of drug-likeness (QED) is 0.903. The Morgan fingerprint density at radius 3 is 2.70 bits per heavy atom. The summed E-state index contributed by atoms with van der Waals surface area (Å²) in [4.78, 5) is 24.9. The van der Waals surface area contributed by atoms with Crippen molar-refractivity contribution in [1.29, 1.82) is 0 Å². The first kappa shape index (κ1) is 17.3. The molecule has 1 fully saturated rings. The van der Waals surface area contributed by atoms with Gasteiger partial charge in [0.05, 0.1) is 11.6 Å². The Bertz CT molecular complexity index is 587.